The molecule has 3 aromatic heterocycles. The van der Waals surface area contributed by atoms with Crippen molar-refractivity contribution in [3.63, 3.8) is 0 Å². The van der Waals surface area contributed by atoms with E-state index >= 15 is 0 Å². The van der Waals surface area contributed by atoms with E-state index in [0.717, 1.165) is 11.1 Å². The Kier molecular flexibility index (Phi) is 5.14. The highest BCUT2D eigenvalue weighted by Gasteiger charge is 2.43. The Balaban J connectivity index is 1.38. The molecule has 0 aliphatic carbocycles. The standard InChI is InChI=1S/C23H26FN7O3/c1-23(2,3)34-22(33)29-11-16(24)18(12-29)30-6-5-17-15(20(30)32)8-14(10-26-17)13-4-7-31-19(9-13)27-21(25)28-31/h4,7-10,16,18H,5-6,11-12H2,1-3H3,(H2,25,28)/t16-,18+/m1/s1. The number of fused-ring (bicyclic) bond motifs is 2. The van der Waals surface area contributed by atoms with Gasteiger partial charge in [0.15, 0.2) is 5.65 Å². The van der Waals surface area contributed by atoms with Crippen LogP contribution < -0.4 is 5.73 Å². The number of carbonyl (C=O) groups excluding carboxylic acids is 2. The van der Waals surface area contributed by atoms with Crippen LogP contribution >= 0.6 is 0 Å². The zero-order chi connectivity index (χ0) is 24.2. The second kappa shape index (κ2) is 7.93. The highest BCUT2D eigenvalue weighted by molar-refractivity contribution is 5.97. The number of nitrogens with zero attached hydrogens (tertiary/aromatic N) is 6. The minimum Gasteiger partial charge on any atom is -0.444 e. The number of nitrogen functional groups attached to an aromatic ring is 1. The van der Waals surface area contributed by atoms with Crippen LogP contribution in [-0.4, -0.2) is 78.8 Å². The maximum Gasteiger partial charge on any atom is 0.410 e. The predicted molar refractivity (Wildman–Crippen MR) is 122 cm³/mol. The van der Waals surface area contributed by atoms with Crippen molar-refractivity contribution in [2.24, 2.45) is 0 Å². The van der Waals surface area contributed by atoms with Gasteiger partial charge >= 0.3 is 6.09 Å². The summed E-state index contributed by atoms with van der Waals surface area (Å²) in [6.45, 7) is 5.62. The molecule has 178 valence electrons. The molecule has 2 aliphatic rings. The Hall–Kier alpha value is -3.76. The molecule has 34 heavy (non-hydrogen) atoms. The topological polar surface area (TPSA) is 119 Å². The number of hydrogen-bond donors (Lipinski definition) is 1. The van der Waals surface area contributed by atoms with Crippen molar-refractivity contribution in [2.75, 3.05) is 25.4 Å². The fraction of sp³-hybridized carbons (Fsp3) is 0.435. The van der Waals surface area contributed by atoms with Crippen LogP contribution in [0, 0.1) is 0 Å². The van der Waals surface area contributed by atoms with Gasteiger partial charge < -0.3 is 20.3 Å². The molecule has 5 rings (SSSR count). The van der Waals surface area contributed by atoms with Crippen LogP contribution in [0.3, 0.4) is 0 Å². The average molecular weight is 468 g/mol. The summed E-state index contributed by atoms with van der Waals surface area (Å²) in [5.74, 6) is -0.119. The van der Waals surface area contributed by atoms with E-state index in [-0.39, 0.29) is 24.9 Å². The van der Waals surface area contributed by atoms with E-state index in [0.29, 0.717) is 29.9 Å². The molecule has 0 unspecified atom stereocenters. The average Bonchev–Trinajstić information content (AvgIpc) is 3.34. The number of hydrogen-bond acceptors (Lipinski definition) is 7. The minimum absolute atomic E-state index is 0.0925. The summed E-state index contributed by atoms with van der Waals surface area (Å²) in [5, 5.41) is 4.06. The van der Waals surface area contributed by atoms with Gasteiger partial charge in [-0.25, -0.2) is 13.7 Å². The van der Waals surface area contributed by atoms with E-state index < -0.39 is 23.9 Å². The molecule has 0 bridgehead atoms. The molecule has 3 aromatic rings. The number of aromatic nitrogens is 4. The zero-order valence-corrected chi connectivity index (χ0v) is 19.2. The van der Waals surface area contributed by atoms with Crippen molar-refractivity contribution in [2.45, 2.75) is 45.0 Å². The lowest BCUT2D eigenvalue weighted by Crippen LogP contribution is -2.49. The van der Waals surface area contributed by atoms with Crippen molar-refractivity contribution in [1.29, 1.82) is 0 Å². The number of ether oxygens (including phenoxy) is 1. The van der Waals surface area contributed by atoms with E-state index in [1.54, 1.807) is 43.7 Å². The largest absolute Gasteiger partial charge is 0.444 e. The Bertz CT molecular complexity index is 1290. The van der Waals surface area contributed by atoms with Crippen molar-refractivity contribution < 1.29 is 18.7 Å². The van der Waals surface area contributed by atoms with Crippen molar-refractivity contribution in [1.82, 2.24) is 29.4 Å². The van der Waals surface area contributed by atoms with Crippen molar-refractivity contribution >= 4 is 23.6 Å². The molecule has 10 nitrogen and oxygen atoms in total. The van der Waals surface area contributed by atoms with Crippen molar-refractivity contribution in [3.05, 3.63) is 41.9 Å². The molecule has 5 heterocycles. The lowest BCUT2D eigenvalue weighted by Gasteiger charge is -2.34. The van der Waals surface area contributed by atoms with Gasteiger partial charge in [0, 0.05) is 37.5 Å². The number of anilines is 1. The first kappa shape index (κ1) is 22.1. The summed E-state index contributed by atoms with van der Waals surface area (Å²) < 4.78 is 21.9. The fourth-order valence-corrected chi connectivity index (χ4v) is 4.43. The van der Waals surface area contributed by atoms with Crippen LogP contribution in [0.4, 0.5) is 15.1 Å². The van der Waals surface area contributed by atoms with Gasteiger partial charge in [-0.05, 0) is 44.5 Å². The molecule has 2 N–H and O–H groups in total. The summed E-state index contributed by atoms with van der Waals surface area (Å²) in [4.78, 5) is 37.3. The number of likely N-dealkylation sites (tertiary alicyclic amines) is 1. The van der Waals surface area contributed by atoms with Crippen molar-refractivity contribution in [3.8, 4) is 11.1 Å². The molecule has 2 atom stereocenters. The van der Waals surface area contributed by atoms with Gasteiger partial charge in [0.05, 0.1) is 23.8 Å². The predicted octanol–water partition coefficient (Wildman–Crippen LogP) is 2.33. The minimum atomic E-state index is -1.35. The molecule has 0 saturated carbocycles. The smallest absolute Gasteiger partial charge is 0.410 e. The van der Waals surface area contributed by atoms with E-state index in [2.05, 4.69) is 15.1 Å². The lowest BCUT2D eigenvalue weighted by molar-refractivity contribution is 0.0272. The molecule has 11 heteroatoms. The van der Waals surface area contributed by atoms with Gasteiger partial charge in [0.25, 0.3) is 5.91 Å². The van der Waals surface area contributed by atoms with E-state index in [1.807, 2.05) is 12.1 Å². The third kappa shape index (κ3) is 4.02. The quantitative estimate of drug-likeness (QED) is 0.614. The maximum atomic E-state index is 15.0. The highest BCUT2D eigenvalue weighted by atomic mass is 19.1. The summed E-state index contributed by atoms with van der Waals surface area (Å²) in [6, 6.07) is 4.69. The van der Waals surface area contributed by atoms with Gasteiger partial charge in [-0.15, -0.1) is 5.10 Å². The monoisotopic (exact) mass is 467 g/mol. The van der Waals surface area contributed by atoms with Crippen LogP contribution in [0.2, 0.25) is 0 Å². The zero-order valence-electron chi connectivity index (χ0n) is 19.2. The van der Waals surface area contributed by atoms with Crippen LogP contribution in [0.5, 0.6) is 0 Å². The van der Waals surface area contributed by atoms with Crippen LogP contribution in [0.15, 0.2) is 30.6 Å². The molecule has 2 amide bonds. The second-order valence-electron chi connectivity index (χ2n) is 9.62. The van der Waals surface area contributed by atoms with E-state index in [1.165, 1.54) is 9.80 Å². The SMILES string of the molecule is CC(C)(C)OC(=O)N1C[C@@H](F)[C@@H](N2CCc3ncc(-c4ccn5nc(N)nc5c4)cc3C2=O)C1. The van der Waals surface area contributed by atoms with Gasteiger partial charge in [-0.1, -0.05) is 0 Å². The lowest BCUT2D eigenvalue weighted by atomic mass is 9.98. The number of rotatable bonds is 2. The number of pyridine rings is 2. The summed E-state index contributed by atoms with van der Waals surface area (Å²) in [7, 11) is 0. The van der Waals surface area contributed by atoms with Gasteiger partial charge in [-0.3, -0.25) is 9.78 Å². The van der Waals surface area contributed by atoms with Gasteiger partial charge in [0.1, 0.15) is 11.8 Å². The number of halogens is 1. The number of amides is 2. The normalized spacial score (nSPS) is 20.6. The molecular weight excluding hydrogens is 441 g/mol. The Labute approximate surface area is 195 Å². The fourth-order valence-electron chi connectivity index (χ4n) is 4.43. The Morgan fingerprint density at radius 1 is 1.24 bits per heavy atom. The third-order valence-corrected chi connectivity index (χ3v) is 6.01. The van der Waals surface area contributed by atoms with Gasteiger partial charge in [0.2, 0.25) is 5.95 Å². The Morgan fingerprint density at radius 3 is 2.79 bits per heavy atom. The summed E-state index contributed by atoms with van der Waals surface area (Å²) in [6.07, 6.45) is 2.03. The molecular formula is C23H26FN7O3. The first-order valence-electron chi connectivity index (χ1n) is 11.1. The van der Waals surface area contributed by atoms with Crippen LogP contribution in [0.25, 0.3) is 16.8 Å². The molecule has 0 aromatic carbocycles. The second-order valence-corrected chi connectivity index (χ2v) is 9.62. The highest BCUT2D eigenvalue weighted by Crippen LogP contribution is 2.29. The third-order valence-electron chi connectivity index (χ3n) is 6.01. The number of alkyl halides is 1. The maximum absolute atomic E-state index is 15.0. The number of carbonyl (C=O) groups is 2. The molecule has 0 spiro atoms. The van der Waals surface area contributed by atoms with E-state index in [9.17, 15) is 14.0 Å². The molecule has 2 aliphatic heterocycles. The van der Waals surface area contributed by atoms with Crippen LogP contribution in [-0.2, 0) is 11.2 Å². The summed E-state index contributed by atoms with van der Waals surface area (Å²) >= 11 is 0. The molecule has 1 fully saturated rings. The summed E-state index contributed by atoms with van der Waals surface area (Å²) in [5.41, 5.74) is 8.22. The Morgan fingerprint density at radius 2 is 2.03 bits per heavy atom. The van der Waals surface area contributed by atoms with Crippen LogP contribution in [0.1, 0.15) is 36.8 Å². The van der Waals surface area contributed by atoms with Gasteiger partial charge in [-0.2, -0.15) is 4.98 Å². The van der Waals surface area contributed by atoms with E-state index in [4.69, 9.17) is 10.5 Å². The first-order valence-corrected chi connectivity index (χ1v) is 11.1. The molecule has 1 saturated heterocycles. The molecule has 0 radical (unpaired) electrons. The first-order chi connectivity index (χ1) is 16.1. The number of nitrogens with two attached hydrogens (primary N) is 1.